The van der Waals surface area contributed by atoms with Crippen LogP contribution in [-0.2, 0) is 0 Å². The number of nitrogens with one attached hydrogen (secondary N) is 2. The summed E-state index contributed by atoms with van der Waals surface area (Å²) < 4.78 is 10.7. The Labute approximate surface area is 166 Å². The SMILES string of the molecule is COc1ccc(OC)c(Nc2nccc(Nc3c(C)cccc3C(C)C)n2)c1. The molecule has 0 atom stereocenters. The maximum absolute atomic E-state index is 5.41. The van der Waals surface area contributed by atoms with E-state index >= 15 is 0 Å². The Hall–Kier alpha value is -3.28. The van der Waals surface area contributed by atoms with Crippen molar-refractivity contribution >= 4 is 23.1 Å². The van der Waals surface area contributed by atoms with Gasteiger partial charge in [-0.1, -0.05) is 32.0 Å². The normalized spacial score (nSPS) is 10.6. The molecule has 1 heterocycles. The van der Waals surface area contributed by atoms with Gasteiger partial charge in [0.1, 0.15) is 17.3 Å². The van der Waals surface area contributed by atoms with Gasteiger partial charge in [0, 0.05) is 18.0 Å². The Morgan fingerprint density at radius 1 is 0.964 bits per heavy atom. The Kier molecular flexibility index (Phi) is 5.99. The summed E-state index contributed by atoms with van der Waals surface area (Å²) in [5.41, 5.74) is 4.25. The van der Waals surface area contributed by atoms with Crippen LogP contribution < -0.4 is 20.1 Å². The largest absolute Gasteiger partial charge is 0.497 e. The van der Waals surface area contributed by atoms with Crippen LogP contribution in [0.15, 0.2) is 48.7 Å². The first kappa shape index (κ1) is 19.5. The fourth-order valence-corrected chi connectivity index (χ4v) is 2.99. The first-order valence-corrected chi connectivity index (χ1v) is 9.20. The van der Waals surface area contributed by atoms with E-state index in [0.717, 1.165) is 22.9 Å². The van der Waals surface area contributed by atoms with E-state index in [-0.39, 0.29) is 0 Å². The van der Waals surface area contributed by atoms with Gasteiger partial charge in [0.25, 0.3) is 0 Å². The minimum atomic E-state index is 0.405. The zero-order chi connectivity index (χ0) is 20.1. The highest BCUT2D eigenvalue weighted by atomic mass is 16.5. The lowest BCUT2D eigenvalue weighted by atomic mass is 9.98. The summed E-state index contributed by atoms with van der Waals surface area (Å²) >= 11 is 0. The summed E-state index contributed by atoms with van der Waals surface area (Å²) in [7, 11) is 3.25. The zero-order valence-electron chi connectivity index (χ0n) is 16.9. The van der Waals surface area contributed by atoms with Gasteiger partial charge >= 0.3 is 0 Å². The van der Waals surface area contributed by atoms with Gasteiger partial charge in [0.05, 0.1) is 19.9 Å². The lowest BCUT2D eigenvalue weighted by Crippen LogP contribution is -2.04. The molecule has 0 aliphatic heterocycles. The van der Waals surface area contributed by atoms with Crippen LogP contribution in [0.25, 0.3) is 0 Å². The minimum absolute atomic E-state index is 0.405. The second-order valence-corrected chi connectivity index (χ2v) is 6.78. The predicted octanol–water partition coefficient (Wildman–Crippen LogP) is 5.41. The molecule has 6 nitrogen and oxygen atoms in total. The van der Waals surface area contributed by atoms with Crippen molar-refractivity contribution in [3.63, 3.8) is 0 Å². The standard InChI is InChI=1S/C22H26N4O2/c1-14(2)17-8-6-7-15(3)21(17)25-20-11-12-23-22(26-20)24-18-13-16(27-4)9-10-19(18)28-5/h6-14H,1-5H3,(H2,23,24,25,26). The smallest absolute Gasteiger partial charge is 0.229 e. The lowest BCUT2D eigenvalue weighted by molar-refractivity contribution is 0.405. The highest BCUT2D eigenvalue weighted by Crippen LogP contribution is 2.32. The van der Waals surface area contributed by atoms with Gasteiger partial charge in [-0.15, -0.1) is 0 Å². The van der Waals surface area contributed by atoms with E-state index in [1.807, 2.05) is 24.3 Å². The molecule has 0 radical (unpaired) electrons. The van der Waals surface area contributed by atoms with Crippen LogP contribution >= 0.6 is 0 Å². The minimum Gasteiger partial charge on any atom is -0.497 e. The highest BCUT2D eigenvalue weighted by molar-refractivity contribution is 5.68. The van der Waals surface area contributed by atoms with Crippen LogP contribution in [0.3, 0.4) is 0 Å². The first-order valence-electron chi connectivity index (χ1n) is 9.20. The van der Waals surface area contributed by atoms with Crippen LogP contribution in [0.5, 0.6) is 11.5 Å². The molecule has 2 aromatic carbocycles. The monoisotopic (exact) mass is 378 g/mol. The number of aryl methyl sites for hydroxylation is 1. The first-order chi connectivity index (χ1) is 13.5. The molecule has 0 fully saturated rings. The summed E-state index contributed by atoms with van der Waals surface area (Å²) in [6, 6.07) is 13.7. The van der Waals surface area contributed by atoms with Gasteiger partial charge in [-0.2, -0.15) is 4.98 Å². The average Bonchev–Trinajstić information content (AvgIpc) is 2.69. The van der Waals surface area contributed by atoms with E-state index in [1.54, 1.807) is 20.4 Å². The van der Waals surface area contributed by atoms with Crippen molar-refractivity contribution in [3.8, 4) is 11.5 Å². The van der Waals surface area contributed by atoms with Crippen molar-refractivity contribution in [1.82, 2.24) is 9.97 Å². The molecule has 3 rings (SSSR count). The molecule has 0 aliphatic rings. The third-order valence-corrected chi connectivity index (χ3v) is 4.49. The molecule has 0 unspecified atom stereocenters. The molecule has 3 aromatic rings. The molecule has 1 aromatic heterocycles. The van der Waals surface area contributed by atoms with Crippen LogP contribution in [0.1, 0.15) is 30.9 Å². The second kappa shape index (κ2) is 8.61. The highest BCUT2D eigenvalue weighted by Gasteiger charge is 2.11. The van der Waals surface area contributed by atoms with Crippen LogP contribution in [-0.4, -0.2) is 24.2 Å². The van der Waals surface area contributed by atoms with Crippen molar-refractivity contribution in [2.24, 2.45) is 0 Å². The number of ether oxygens (including phenoxy) is 2. The fraction of sp³-hybridized carbons (Fsp3) is 0.273. The number of para-hydroxylation sites is 1. The third kappa shape index (κ3) is 4.34. The summed E-state index contributed by atoms with van der Waals surface area (Å²) in [6.45, 7) is 6.46. The fourth-order valence-electron chi connectivity index (χ4n) is 2.99. The van der Waals surface area contributed by atoms with Gasteiger partial charge < -0.3 is 20.1 Å². The number of nitrogens with zero attached hydrogens (tertiary/aromatic N) is 2. The average molecular weight is 378 g/mol. The van der Waals surface area contributed by atoms with Gasteiger partial charge in [-0.25, -0.2) is 4.98 Å². The quantitative estimate of drug-likeness (QED) is 0.573. The Balaban J connectivity index is 1.89. The Morgan fingerprint density at radius 3 is 2.50 bits per heavy atom. The molecule has 0 bridgehead atoms. The van der Waals surface area contributed by atoms with E-state index in [9.17, 15) is 0 Å². The zero-order valence-corrected chi connectivity index (χ0v) is 16.9. The van der Waals surface area contributed by atoms with Crippen molar-refractivity contribution in [3.05, 3.63) is 59.8 Å². The molecule has 0 amide bonds. The summed E-state index contributed by atoms with van der Waals surface area (Å²) in [6.07, 6.45) is 1.72. The topological polar surface area (TPSA) is 68.3 Å². The molecule has 6 heteroatoms. The van der Waals surface area contributed by atoms with Gasteiger partial charge in [0.2, 0.25) is 5.95 Å². The van der Waals surface area contributed by atoms with E-state index in [4.69, 9.17) is 9.47 Å². The number of aromatic nitrogens is 2. The number of anilines is 4. The summed E-state index contributed by atoms with van der Waals surface area (Å²) in [5.74, 6) is 3.00. The van der Waals surface area contributed by atoms with E-state index in [2.05, 4.69) is 59.6 Å². The van der Waals surface area contributed by atoms with Gasteiger partial charge in [-0.3, -0.25) is 0 Å². The molecular weight excluding hydrogens is 352 g/mol. The molecular formula is C22H26N4O2. The number of hydrogen-bond donors (Lipinski definition) is 2. The molecule has 146 valence electrons. The van der Waals surface area contributed by atoms with Gasteiger partial charge in [-0.05, 0) is 42.2 Å². The molecule has 0 saturated heterocycles. The maximum atomic E-state index is 5.41. The molecule has 0 spiro atoms. The molecule has 0 aliphatic carbocycles. The molecule has 28 heavy (non-hydrogen) atoms. The maximum Gasteiger partial charge on any atom is 0.229 e. The van der Waals surface area contributed by atoms with E-state index in [1.165, 1.54) is 11.1 Å². The number of methoxy groups -OCH3 is 2. The second-order valence-electron chi connectivity index (χ2n) is 6.78. The van der Waals surface area contributed by atoms with E-state index < -0.39 is 0 Å². The lowest BCUT2D eigenvalue weighted by Gasteiger charge is -2.17. The third-order valence-electron chi connectivity index (χ3n) is 4.49. The van der Waals surface area contributed by atoms with Crippen molar-refractivity contribution in [1.29, 1.82) is 0 Å². The Bertz CT molecular complexity index is 957. The van der Waals surface area contributed by atoms with Gasteiger partial charge in [0.15, 0.2) is 0 Å². The number of benzene rings is 2. The molecule has 0 saturated carbocycles. The predicted molar refractivity (Wildman–Crippen MR) is 113 cm³/mol. The number of rotatable bonds is 7. The van der Waals surface area contributed by atoms with Crippen molar-refractivity contribution in [2.45, 2.75) is 26.7 Å². The number of hydrogen-bond acceptors (Lipinski definition) is 6. The van der Waals surface area contributed by atoms with Crippen molar-refractivity contribution < 1.29 is 9.47 Å². The molecule has 2 N–H and O–H groups in total. The van der Waals surface area contributed by atoms with Crippen LogP contribution in [0.4, 0.5) is 23.1 Å². The van der Waals surface area contributed by atoms with Crippen LogP contribution in [0, 0.1) is 6.92 Å². The summed E-state index contributed by atoms with van der Waals surface area (Å²) in [4.78, 5) is 8.93. The summed E-state index contributed by atoms with van der Waals surface area (Å²) in [5, 5.41) is 6.66. The van der Waals surface area contributed by atoms with Crippen LogP contribution in [0.2, 0.25) is 0 Å². The van der Waals surface area contributed by atoms with E-state index in [0.29, 0.717) is 17.6 Å². The van der Waals surface area contributed by atoms with Crippen molar-refractivity contribution in [2.75, 3.05) is 24.9 Å². The Morgan fingerprint density at radius 2 is 1.79 bits per heavy atom.